The summed E-state index contributed by atoms with van der Waals surface area (Å²) in [5.74, 6) is 1.73. The first-order valence-corrected chi connectivity index (χ1v) is 5.68. The predicted molar refractivity (Wildman–Crippen MR) is 63.3 cm³/mol. The predicted octanol–water partition coefficient (Wildman–Crippen LogP) is 1.19. The van der Waals surface area contributed by atoms with E-state index in [0.717, 1.165) is 12.0 Å². The molecule has 90 valence electrons. The van der Waals surface area contributed by atoms with E-state index in [1.165, 1.54) is 0 Å². The SMILES string of the molecule is CC(CN)Cc1nc(Cc2ccncc2)no1. The lowest BCUT2D eigenvalue weighted by atomic mass is 10.1. The van der Waals surface area contributed by atoms with Crippen LogP contribution in [-0.2, 0) is 12.8 Å². The normalized spacial score (nSPS) is 12.6. The number of rotatable bonds is 5. The van der Waals surface area contributed by atoms with E-state index in [1.807, 2.05) is 12.1 Å². The highest BCUT2D eigenvalue weighted by Gasteiger charge is 2.10. The Morgan fingerprint density at radius 2 is 2.12 bits per heavy atom. The molecule has 0 radical (unpaired) electrons. The fourth-order valence-corrected chi connectivity index (χ4v) is 1.51. The van der Waals surface area contributed by atoms with E-state index in [-0.39, 0.29) is 0 Å². The Labute approximate surface area is 100 Å². The second kappa shape index (κ2) is 5.54. The van der Waals surface area contributed by atoms with Crippen LogP contribution in [0.25, 0.3) is 0 Å². The summed E-state index contributed by atoms with van der Waals surface area (Å²) in [7, 11) is 0. The lowest BCUT2D eigenvalue weighted by Gasteiger charge is -2.01. The zero-order valence-corrected chi connectivity index (χ0v) is 9.84. The standard InChI is InChI=1S/C12H16N4O/c1-9(8-13)6-12-15-11(16-17-12)7-10-2-4-14-5-3-10/h2-5,9H,6-8,13H2,1H3. The number of nitrogens with two attached hydrogens (primary N) is 1. The summed E-state index contributed by atoms with van der Waals surface area (Å²) in [5, 5.41) is 3.95. The van der Waals surface area contributed by atoms with E-state index in [4.69, 9.17) is 10.3 Å². The van der Waals surface area contributed by atoms with Gasteiger partial charge in [0.15, 0.2) is 5.82 Å². The van der Waals surface area contributed by atoms with Crippen LogP contribution < -0.4 is 5.73 Å². The van der Waals surface area contributed by atoms with Crippen molar-refractivity contribution in [3.8, 4) is 0 Å². The largest absolute Gasteiger partial charge is 0.339 e. The Kier molecular flexibility index (Phi) is 3.82. The third-order valence-corrected chi connectivity index (χ3v) is 2.55. The molecule has 1 unspecified atom stereocenters. The fraction of sp³-hybridized carbons (Fsp3) is 0.417. The van der Waals surface area contributed by atoms with E-state index in [9.17, 15) is 0 Å². The monoisotopic (exact) mass is 232 g/mol. The summed E-state index contributed by atoms with van der Waals surface area (Å²) in [5.41, 5.74) is 6.68. The minimum Gasteiger partial charge on any atom is -0.339 e. The number of hydrogen-bond donors (Lipinski definition) is 1. The van der Waals surface area contributed by atoms with Crippen molar-refractivity contribution in [2.24, 2.45) is 11.7 Å². The Bertz CT molecular complexity index is 455. The molecule has 0 amide bonds. The van der Waals surface area contributed by atoms with Gasteiger partial charge in [-0.25, -0.2) is 0 Å². The average molecular weight is 232 g/mol. The highest BCUT2D eigenvalue weighted by atomic mass is 16.5. The lowest BCUT2D eigenvalue weighted by Crippen LogP contribution is -2.13. The molecule has 0 fully saturated rings. The average Bonchev–Trinajstić information content (AvgIpc) is 2.77. The van der Waals surface area contributed by atoms with Crippen LogP contribution in [0.5, 0.6) is 0 Å². The van der Waals surface area contributed by atoms with Crippen molar-refractivity contribution in [1.29, 1.82) is 0 Å². The number of pyridine rings is 1. The summed E-state index contributed by atoms with van der Waals surface area (Å²) in [6, 6.07) is 3.89. The van der Waals surface area contributed by atoms with Gasteiger partial charge in [0.05, 0.1) is 0 Å². The maximum Gasteiger partial charge on any atom is 0.226 e. The van der Waals surface area contributed by atoms with Crippen molar-refractivity contribution in [3.05, 3.63) is 41.8 Å². The molecular weight excluding hydrogens is 216 g/mol. The molecule has 0 bridgehead atoms. The molecule has 0 aliphatic rings. The summed E-state index contributed by atoms with van der Waals surface area (Å²) in [4.78, 5) is 8.30. The van der Waals surface area contributed by atoms with Crippen molar-refractivity contribution in [1.82, 2.24) is 15.1 Å². The number of hydrogen-bond acceptors (Lipinski definition) is 5. The highest BCUT2D eigenvalue weighted by Crippen LogP contribution is 2.08. The van der Waals surface area contributed by atoms with Gasteiger partial charge in [-0.1, -0.05) is 12.1 Å². The van der Waals surface area contributed by atoms with Gasteiger partial charge in [-0.2, -0.15) is 4.98 Å². The van der Waals surface area contributed by atoms with E-state index >= 15 is 0 Å². The van der Waals surface area contributed by atoms with Gasteiger partial charge in [0.2, 0.25) is 5.89 Å². The van der Waals surface area contributed by atoms with Crippen LogP contribution >= 0.6 is 0 Å². The van der Waals surface area contributed by atoms with Crippen molar-refractivity contribution < 1.29 is 4.52 Å². The molecule has 2 rings (SSSR count). The number of aromatic nitrogens is 3. The molecule has 5 heteroatoms. The molecule has 2 N–H and O–H groups in total. The summed E-state index contributed by atoms with van der Waals surface area (Å²) in [6.07, 6.45) is 4.92. The quantitative estimate of drug-likeness (QED) is 0.837. The van der Waals surface area contributed by atoms with E-state index in [0.29, 0.717) is 30.6 Å². The second-order valence-electron chi connectivity index (χ2n) is 4.18. The van der Waals surface area contributed by atoms with Gasteiger partial charge in [-0.15, -0.1) is 0 Å². The molecule has 17 heavy (non-hydrogen) atoms. The third kappa shape index (κ3) is 3.35. The minimum absolute atomic E-state index is 0.365. The van der Waals surface area contributed by atoms with E-state index < -0.39 is 0 Å². The van der Waals surface area contributed by atoms with Gasteiger partial charge in [0.1, 0.15) is 0 Å². The molecule has 2 heterocycles. The van der Waals surface area contributed by atoms with Crippen molar-refractivity contribution in [2.75, 3.05) is 6.54 Å². The van der Waals surface area contributed by atoms with Gasteiger partial charge in [-0.3, -0.25) is 4.98 Å². The maximum atomic E-state index is 5.55. The molecule has 5 nitrogen and oxygen atoms in total. The Hall–Kier alpha value is -1.75. The van der Waals surface area contributed by atoms with Crippen molar-refractivity contribution >= 4 is 0 Å². The molecule has 0 aliphatic heterocycles. The smallest absolute Gasteiger partial charge is 0.226 e. The third-order valence-electron chi connectivity index (χ3n) is 2.55. The summed E-state index contributed by atoms with van der Waals surface area (Å²) in [6.45, 7) is 2.69. The zero-order valence-electron chi connectivity index (χ0n) is 9.84. The second-order valence-corrected chi connectivity index (χ2v) is 4.18. The van der Waals surface area contributed by atoms with Gasteiger partial charge in [0, 0.05) is 25.2 Å². The fourth-order valence-electron chi connectivity index (χ4n) is 1.51. The molecule has 0 aromatic carbocycles. The van der Waals surface area contributed by atoms with Crippen LogP contribution in [0.2, 0.25) is 0 Å². The molecule has 2 aromatic heterocycles. The number of nitrogens with zero attached hydrogens (tertiary/aromatic N) is 3. The van der Waals surface area contributed by atoms with Crippen LogP contribution in [0.3, 0.4) is 0 Å². The van der Waals surface area contributed by atoms with Crippen LogP contribution in [0.1, 0.15) is 24.2 Å². The van der Waals surface area contributed by atoms with Gasteiger partial charge in [0.25, 0.3) is 0 Å². The summed E-state index contributed by atoms with van der Waals surface area (Å²) < 4.78 is 5.18. The first-order chi connectivity index (χ1) is 8.28. The Balaban J connectivity index is 1.99. The molecule has 0 aliphatic carbocycles. The Morgan fingerprint density at radius 3 is 2.82 bits per heavy atom. The summed E-state index contributed by atoms with van der Waals surface area (Å²) >= 11 is 0. The first-order valence-electron chi connectivity index (χ1n) is 5.68. The molecular formula is C12H16N4O. The van der Waals surface area contributed by atoms with Crippen LogP contribution in [0.15, 0.2) is 29.0 Å². The topological polar surface area (TPSA) is 77.8 Å². The molecule has 0 spiro atoms. The van der Waals surface area contributed by atoms with Crippen LogP contribution in [0, 0.1) is 5.92 Å². The van der Waals surface area contributed by atoms with Gasteiger partial charge < -0.3 is 10.3 Å². The Morgan fingerprint density at radius 1 is 1.35 bits per heavy atom. The zero-order chi connectivity index (χ0) is 12.1. The van der Waals surface area contributed by atoms with Gasteiger partial charge in [-0.05, 0) is 30.2 Å². The van der Waals surface area contributed by atoms with E-state index in [1.54, 1.807) is 12.4 Å². The lowest BCUT2D eigenvalue weighted by molar-refractivity contribution is 0.356. The molecule has 0 saturated heterocycles. The highest BCUT2D eigenvalue weighted by molar-refractivity contribution is 5.14. The molecule has 0 saturated carbocycles. The molecule has 1 atom stereocenters. The van der Waals surface area contributed by atoms with Crippen molar-refractivity contribution in [2.45, 2.75) is 19.8 Å². The van der Waals surface area contributed by atoms with E-state index in [2.05, 4.69) is 22.0 Å². The van der Waals surface area contributed by atoms with Crippen LogP contribution in [0.4, 0.5) is 0 Å². The van der Waals surface area contributed by atoms with Crippen molar-refractivity contribution in [3.63, 3.8) is 0 Å². The van der Waals surface area contributed by atoms with Crippen LogP contribution in [-0.4, -0.2) is 21.7 Å². The molecule has 2 aromatic rings. The minimum atomic E-state index is 0.365. The first kappa shape index (κ1) is 11.7. The maximum absolute atomic E-state index is 5.55. The van der Waals surface area contributed by atoms with Gasteiger partial charge >= 0.3 is 0 Å².